The van der Waals surface area contributed by atoms with Gasteiger partial charge in [-0.2, -0.15) is 0 Å². The fourth-order valence-corrected chi connectivity index (χ4v) is 4.84. The lowest BCUT2D eigenvalue weighted by atomic mass is 10.1. The molecule has 0 amide bonds. The first-order valence-electron chi connectivity index (χ1n) is 9.22. The Morgan fingerprint density at radius 3 is 2.70 bits per heavy atom. The third kappa shape index (κ3) is 2.85. The molecular weight excluding hydrogens is 356 g/mol. The van der Waals surface area contributed by atoms with Gasteiger partial charge < -0.3 is 19.9 Å². The zero-order valence-corrected chi connectivity index (χ0v) is 16.3. The van der Waals surface area contributed by atoms with Gasteiger partial charge in [0.2, 0.25) is 0 Å². The van der Waals surface area contributed by atoms with Crippen LogP contribution in [0.1, 0.15) is 5.56 Å². The molecule has 1 aromatic heterocycles. The molecule has 1 fully saturated rings. The monoisotopic (exact) mass is 378 g/mol. The Morgan fingerprint density at radius 2 is 1.89 bits per heavy atom. The van der Waals surface area contributed by atoms with Gasteiger partial charge in [0.15, 0.2) is 0 Å². The molecule has 0 atom stereocenters. The van der Waals surface area contributed by atoms with E-state index < -0.39 is 0 Å². The molecule has 27 heavy (non-hydrogen) atoms. The van der Waals surface area contributed by atoms with E-state index in [1.807, 2.05) is 12.1 Å². The van der Waals surface area contributed by atoms with Gasteiger partial charge in [0.1, 0.15) is 16.6 Å². The zero-order chi connectivity index (χ0) is 18.4. The summed E-state index contributed by atoms with van der Waals surface area (Å²) in [5, 5.41) is 6.06. The largest absolute Gasteiger partial charge is 0.497 e. The number of methoxy groups -OCH3 is 1. The Morgan fingerprint density at radius 1 is 1.07 bits per heavy atom. The van der Waals surface area contributed by atoms with Crippen LogP contribution in [0.3, 0.4) is 0 Å². The fraction of sp³-hybridized carbons (Fsp3) is 0.286. The van der Waals surface area contributed by atoms with Crippen LogP contribution in [-0.2, 0) is 0 Å². The van der Waals surface area contributed by atoms with Gasteiger partial charge in [0.05, 0.1) is 24.0 Å². The van der Waals surface area contributed by atoms with E-state index in [0.717, 1.165) is 54.1 Å². The van der Waals surface area contributed by atoms with Gasteiger partial charge in [0, 0.05) is 42.3 Å². The number of fused-ring (bicyclic) bond motifs is 4. The highest BCUT2D eigenvalue weighted by Crippen LogP contribution is 2.44. The number of anilines is 2. The molecule has 6 heteroatoms. The van der Waals surface area contributed by atoms with Crippen LogP contribution in [0.2, 0.25) is 0 Å². The summed E-state index contributed by atoms with van der Waals surface area (Å²) in [6.45, 7) is 4.07. The van der Waals surface area contributed by atoms with Crippen molar-refractivity contribution >= 4 is 43.6 Å². The van der Waals surface area contributed by atoms with Crippen molar-refractivity contribution in [2.45, 2.75) is 0 Å². The van der Waals surface area contributed by atoms with Crippen LogP contribution in [0.25, 0.3) is 10.1 Å². The molecule has 1 saturated heterocycles. The van der Waals surface area contributed by atoms with Crippen molar-refractivity contribution in [3.63, 3.8) is 0 Å². The number of nitrogens with one attached hydrogen (secondary N) is 1. The molecule has 2 aliphatic heterocycles. The van der Waals surface area contributed by atoms with Gasteiger partial charge in [-0.25, -0.2) is 4.99 Å². The summed E-state index contributed by atoms with van der Waals surface area (Å²) < 4.78 is 6.72. The highest BCUT2D eigenvalue weighted by atomic mass is 32.1. The number of hydrogen-bond acceptors (Lipinski definition) is 6. The van der Waals surface area contributed by atoms with Gasteiger partial charge in [-0.1, -0.05) is 18.2 Å². The number of likely N-dealkylation sites (N-methyl/N-ethyl adjacent to an activating group) is 1. The standard InChI is InChI=1S/C21H22N4OS/c1-24-9-11-25(12-10-24)20-19-15-5-3-4-6-18(15)27-21(19)23-16-8-7-14(26-2)13-17(16)22-20/h3-8,13,23H,9-12H2,1-2H3. The number of benzene rings is 2. The lowest BCUT2D eigenvalue weighted by Crippen LogP contribution is -2.47. The Bertz CT molecular complexity index is 1030. The minimum atomic E-state index is 0.826. The van der Waals surface area contributed by atoms with E-state index >= 15 is 0 Å². The van der Waals surface area contributed by atoms with E-state index in [1.54, 1.807) is 18.4 Å². The average Bonchev–Trinajstić information content (AvgIpc) is 2.97. The predicted octanol–water partition coefficient (Wildman–Crippen LogP) is 4.29. The lowest BCUT2D eigenvalue weighted by Gasteiger charge is -2.34. The molecule has 2 aromatic carbocycles. The molecule has 0 bridgehead atoms. The van der Waals surface area contributed by atoms with Gasteiger partial charge >= 0.3 is 0 Å². The number of amidine groups is 1. The van der Waals surface area contributed by atoms with Crippen molar-refractivity contribution in [3.05, 3.63) is 48.0 Å². The first-order chi connectivity index (χ1) is 13.2. The number of piperazine rings is 1. The van der Waals surface area contributed by atoms with Crippen LogP contribution in [0.5, 0.6) is 5.75 Å². The molecule has 5 nitrogen and oxygen atoms in total. The molecule has 0 spiro atoms. The summed E-state index contributed by atoms with van der Waals surface area (Å²) in [6.07, 6.45) is 0. The smallest absolute Gasteiger partial charge is 0.140 e. The van der Waals surface area contributed by atoms with E-state index in [2.05, 4.69) is 52.5 Å². The van der Waals surface area contributed by atoms with Crippen LogP contribution >= 0.6 is 11.3 Å². The summed E-state index contributed by atoms with van der Waals surface area (Å²) in [5.41, 5.74) is 3.17. The molecule has 2 aliphatic rings. The Hall–Kier alpha value is -2.57. The third-order valence-corrected chi connectivity index (χ3v) is 6.39. The van der Waals surface area contributed by atoms with Crippen molar-refractivity contribution in [3.8, 4) is 5.75 Å². The first kappa shape index (κ1) is 16.6. The molecule has 3 heterocycles. The van der Waals surface area contributed by atoms with E-state index in [1.165, 1.54) is 15.6 Å². The number of hydrogen-bond donors (Lipinski definition) is 1. The van der Waals surface area contributed by atoms with Crippen molar-refractivity contribution in [1.82, 2.24) is 9.80 Å². The van der Waals surface area contributed by atoms with Gasteiger partial charge in [0.25, 0.3) is 0 Å². The molecule has 138 valence electrons. The van der Waals surface area contributed by atoms with Crippen LogP contribution in [-0.4, -0.2) is 56.0 Å². The summed E-state index contributed by atoms with van der Waals surface area (Å²) in [4.78, 5) is 9.94. The maximum Gasteiger partial charge on any atom is 0.140 e. The topological polar surface area (TPSA) is 40.1 Å². The van der Waals surface area contributed by atoms with Gasteiger partial charge in [-0.15, -0.1) is 11.3 Å². The molecule has 5 rings (SSSR count). The van der Waals surface area contributed by atoms with E-state index in [4.69, 9.17) is 9.73 Å². The number of nitrogens with zero attached hydrogens (tertiary/aromatic N) is 3. The normalized spacial score (nSPS) is 17.0. The fourth-order valence-electron chi connectivity index (χ4n) is 3.73. The summed E-state index contributed by atoms with van der Waals surface area (Å²) in [7, 11) is 3.88. The van der Waals surface area contributed by atoms with Gasteiger partial charge in [-0.3, -0.25) is 0 Å². The van der Waals surface area contributed by atoms with Crippen molar-refractivity contribution < 1.29 is 4.74 Å². The summed E-state index contributed by atoms with van der Waals surface area (Å²) in [6, 6.07) is 14.6. The molecule has 0 radical (unpaired) electrons. The minimum Gasteiger partial charge on any atom is -0.497 e. The van der Waals surface area contributed by atoms with Crippen LogP contribution in [0.15, 0.2) is 47.5 Å². The van der Waals surface area contributed by atoms with Crippen LogP contribution < -0.4 is 10.1 Å². The average molecular weight is 379 g/mol. The molecular formula is C21H22N4OS. The Labute approximate surface area is 162 Å². The summed E-state index contributed by atoms with van der Waals surface area (Å²) >= 11 is 1.79. The second-order valence-electron chi connectivity index (χ2n) is 7.04. The van der Waals surface area contributed by atoms with Crippen molar-refractivity contribution in [2.75, 3.05) is 45.7 Å². The molecule has 3 aromatic rings. The Kier molecular flexibility index (Phi) is 4.02. The molecule has 0 saturated carbocycles. The molecule has 1 N–H and O–H groups in total. The highest BCUT2D eigenvalue weighted by molar-refractivity contribution is 7.23. The predicted molar refractivity (Wildman–Crippen MR) is 113 cm³/mol. The van der Waals surface area contributed by atoms with Crippen LogP contribution in [0, 0.1) is 0 Å². The lowest BCUT2D eigenvalue weighted by molar-refractivity contribution is 0.216. The number of ether oxygens (including phenoxy) is 1. The van der Waals surface area contributed by atoms with Crippen molar-refractivity contribution in [1.29, 1.82) is 0 Å². The maximum atomic E-state index is 5.43. The first-order valence-corrected chi connectivity index (χ1v) is 10.0. The number of rotatable bonds is 1. The number of thiophene rings is 1. The van der Waals surface area contributed by atoms with Gasteiger partial charge in [-0.05, 0) is 25.2 Å². The van der Waals surface area contributed by atoms with E-state index in [0.29, 0.717) is 0 Å². The molecule has 0 unspecified atom stereocenters. The SMILES string of the molecule is COc1ccc2c(c1)N=C(N1CCN(C)CC1)c1c(sc3ccccc13)N2. The second-order valence-corrected chi connectivity index (χ2v) is 8.09. The van der Waals surface area contributed by atoms with E-state index in [9.17, 15) is 0 Å². The Balaban J connectivity index is 1.71. The third-order valence-electron chi connectivity index (χ3n) is 5.30. The van der Waals surface area contributed by atoms with Crippen LogP contribution in [0.4, 0.5) is 16.4 Å². The van der Waals surface area contributed by atoms with E-state index in [-0.39, 0.29) is 0 Å². The summed E-state index contributed by atoms with van der Waals surface area (Å²) in [5.74, 6) is 1.89. The van der Waals surface area contributed by atoms with Crippen molar-refractivity contribution in [2.24, 2.45) is 4.99 Å². The minimum absolute atomic E-state index is 0.826. The quantitative estimate of drug-likeness (QED) is 0.686. The number of aliphatic imine (C=N–C) groups is 1. The highest BCUT2D eigenvalue weighted by Gasteiger charge is 2.27. The maximum absolute atomic E-state index is 5.43. The second kappa shape index (κ2) is 6.55. The molecule has 0 aliphatic carbocycles. The zero-order valence-electron chi connectivity index (χ0n) is 15.5.